The van der Waals surface area contributed by atoms with Crippen molar-refractivity contribution < 1.29 is 14.1 Å². The van der Waals surface area contributed by atoms with Crippen LogP contribution >= 0.6 is 0 Å². The molecule has 1 aromatic heterocycles. The maximum absolute atomic E-state index is 13.0. The zero-order valence-corrected chi connectivity index (χ0v) is 19.2. The molecule has 7 nitrogen and oxygen atoms in total. The predicted octanol–water partition coefficient (Wildman–Crippen LogP) is 2.80. The Bertz CT molecular complexity index is 705. The first-order valence-electron chi connectivity index (χ1n) is 11.6. The van der Waals surface area contributed by atoms with Gasteiger partial charge in [-0.3, -0.25) is 9.59 Å². The highest BCUT2D eigenvalue weighted by Gasteiger charge is 2.32. The van der Waals surface area contributed by atoms with Crippen LogP contribution in [-0.2, 0) is 16.0 Å². The standard InChI is InChI=1S/C23H38N4O3/c1-17(2)23(29)27(14-8-12-25-10-5-6-11-25)20-9-7-13-26(16-20)22(28)15-21-18(3)24-30-19(21)4/h17,20H,5-16H2,1-4H3. The van der Waals surface area contributed by atoms with Gasteiger partial charge in [0.2, 0.25) is 11.8 Å². The van der Waals surface area contributed by atoms with Crippen LogP contribution in [0.2, 0.25) is 0 Å². The number of nitrogens with zero attached hydrogens (tertiary/aromatic N) is 4. The van der Waals surface area contributed by atoms with E-state index in [0.717, 1.165) is 50.2 Å². The Labute approximate surface area is 180 Å². The lowest BCUT2D eigenvalue weighted by Gasteiger charge is -2.40. The third-order valence-corrected chi connectivity index (χ3v) is 6.55. The number of aromatic nitrogens is 1. The van der Waals surface area contributed by atoms with Crippen molar-refractivity contribution in [2.24, 2.45) is 5.92 Å². The zero-order chi connectivity index (χ0) is 21.7. The highest BCUT2D eigenvalue weighted by atomic mass is 16.5. The molecule has 7 heteroatoms. The first-order chi connectivity index (χ1) is 14.4. The molecule has 0 saturated carbocycles. The summed E-state index contributed by atoms with van der Waals surface area (Å²) in [7, 11) is 0. The summed E-state index contributed by atoms with van der Waals surface area (Å²) in [6.45, 7) is 13.3. The first-order valence-corrected chi connectivity index (χ1v) is 11.6. The fraction of sp³-hybridized carbons (Fsp3) is 0.783. The molecule has 0 aromatic carbocycles. The molecule has 2 fully saturated rings. The largest absolute Gasteiger partial charge is 0.361 e. The molecule has 0 bridgehead atoms. The van der Waals surface area contributed by atoms with Gasteiger partial charge in [-0.25, -0.2) is 0 Å². The topological polar surface area (TPSA) is 69.9 Å². The fourth-order valence-corrected chi connectivity index (χ4v) is 4.73. The Morgan fingerprint density at radius 2 is 1.90 bits per heavy atom. The van der Waals surface area contributed by atoms with Gasteiger partial charge in [-0.15, -0.1) is 0 Å². The normalized spacial score (nSPS) is 20.2. The van der Waals surface area contributed by atoms with Gasteiger partial charge in [0.15, 0.2) is 0 Å². The molecule has 1 atom stereocenters. The van der Waals surface area contributed by atoms with Gasteiger partial charge >= 0.3 is 0 Å². The van der Waals surface area contributed by atoms with Crippen LogP contribution < -0.4 is 0 Å². The van der Waals surface area contributed by atoms with Crippen molar-refractivity contribution >= 4 is 11.8 Å². The van der Waals surface area contributed by atoms with Crippen LogP contribution in [0.25, 0.3) is 0 Å². The lowest BCUT2D eigenvalue weighted by molar-refractivity contribution is -0.141. The number of amides is 2. The molecule has 3 heterocycles. The van der Waals surface area contributed by atoms with Crippen LogP contribution in [0, 0.1) is 19.8 Å². The Kier molecular flexibility index (Phi) is 7.92. The van der Waals surface area contributed by atoms with E-state index in [1.807, 2.05) is 32.6 Å². The second-order valence-corrected chi connectivity index (χ2v) is 9.20. The number of carbonyl (C=O) groups excluding carboxylic acids is 2. The van der Waals surface area contributed by atoms with Gasteiger partial charge < -0.3 is 19.2 Å². The number of aryl methyl sites for hydroxylation is 2. The predicted molar refractivity (Wildman–Crippen MR) is 116 cm³/mol. The average Bonchev–Trinajstić information content (AvgIpc) is 3.36. The molecule has 2 saturated heterocycles. The number of rotatable bonds is 8. The molecule has 168 valence electrons. The molecular formula is C23H38N4O3. The first kappa shape index (κ1) is 22.8. The lowest BCUT2D eigenvalue weighted by atomic mass is 10.0. The van der Waals surface area contributed by atoms with E-state index < -0.39 is 0 Å². The highest BCUT2D eigenvalue weighted by Crippen LogP contribution is 2.21. The van der Waals surface area contributed by atoms with Crippen molar-refractivity contribution in [3.8, 4) is 0 Å². The molecule has 30 heavy (non-hydrogen) atoms. The third kappa shape index (κ3) is 5.62. The molecule has 2 aliphatic rings. The van der Waals surface area contributed by atoms with E-state index in [-0.39, 0.29) is 23.8 Å². The SMILES string of the molecule is Cc1noc(C)c1CC(=O)N1CCCC(N(CCCN2CCCC2)C(=O)C(C)C)C1. The number of carbonyl (C=O) groups is 2. The molecule has 1 aromatic rings. The van der Waals surface area contributed by atoms with Gasteiger partial charge in [0, 0.05) is 37.2 Å². The molecular weight excluding hydrogens is 380 g/mol. The van der Waals surface area contributed by atoms with Crippen LogP contribution in [-0.4, -0.2) is 77.0 Å². The number of piperidine rings is 1. The van der Waals surface area contributed by atoms with E-state index in [4.69, 9.17) is 4.52 Å². The van der Waals surface area contributed by atoms with E-state index in [1.165, 1.54) is 25.9 Å². The van der Waals surface area contributed by atoms with E-state index in [1.54, 1.807) is 0 Å². The van der Waals surface area contributed by atoms with Gasteiger partial charge in [-0.1, -0.05) is 19.0 Å². The molecule has 0 radical (unpaired) electrons. The van der Waals surface area contributed by atoms with E-state index >= 15 is 0 Å². The van der Waals surface area contributed by atoms with E-state index in [9.17, 15) is 9.59 Å². The summed E-state index contributed by atoms with van der Waals surface area (Å²) in [6.07, 6.45) is 5.81. The smallest absolute Gasteiger partial charge is 0.227 e. The van der Waals surface area contributed by atoms with Crippen LogP contribution in [0.3, 0.4) is 0 Å². The van der Waals surface area contributed by atoms with Crippen LogP contribution in [0.5, 0.6) is 0 Å². The Morgan fingerprint density at radius 3 is 2.53 bits per heavy atom. The van der Waals surface area contributed by atoms with Gasteiger partial charge in [0.05, 0.1) is 12.1 Å². The molecule has 0 spiro atoms. The van der Waals surface area contributed by atoms with Crippen molar-refractivity contribution in [1.29, 1.82) is 0 Å². The molecule has 3 rings (SSSR count). The van der Waals surface area contributed by atoms with Gasteiger partial charge in [0.25, 0.3) is 0 Å². The van der Waals surface area contributed by atoms with Crippen molar-refractivity contribution in [2.45, 2.75) is 72.3 Å². The van der Waals surface area contributed by atoms with Crippen molar-refractivity contribution in [3.63, 3.8) is 0 Å². The summed E-state index contributed by atoms with van der Waals surface area (Å²) in [4.78, 5) is 32.5. The molecule has 0 aliphatic carbocycles. The minimum absolute atomic E-state index is 0.0230. The summed E-state index contributed by atoms with van der Waals surface area (Å²) in [6, 6.07) is 0.112. The second-order valence-electron chi connectivity index (χ2n) is 9.20. The minimum atomic E-state index is -0.0230. The second kappa shape index (κ2) is 10.4. The Morgan fingerprint density at radius 1 is 1.17 bits per heavy atom. The number of likely N-dealkylation sites (tertiary alicyclic amines) is 2. The fourth-order valence-electron chi connectivity index (χ4n) is 4.73. The maximum atomic E-state index is 13.0. The third-order valence-electron chi connectivity index (χ3n) is 6.55. The quantitative estimate of drug-likeness (QED) is 0.649. The minimum Gasteiger partial charge on any atom is -0.361 e. The van der Waals surface area contributed by atoms with E-state index in [0.29, 0.717) is 18.7 Å². The molecule has 2 aliphatic heterocycles. The van der Waals surface area contributed by atoms with Crippen LogP contribution in [0.4, 0.5) is 0 Å². The Hall–Kier alpha value is -1.89. The maximum Gasteiger partial charge on any atom is 0.227 e. The van der Waals surface area contributed by atoms with Crippen molar-refractivity contribution in [1.82, 2.24) is 19.9 Å². The molecule has 2 amide bonds. The molecule has 0 N–H and O–H groups in total. The van der Waals surface area contributed by atoms with Gasteiger partial charge in [-0.2, -0.15) is 0 Å². The highest BCUT2D eigenvalue weighted by molar-refractivity contribution is 5.80. The van der Waals surface area contributed by atoms with Crippen LogP contribution in [0.15, 0.2) is 4.52 Å². The van der Waals surface area contributed by atoms with Gasteiger partial charge in [-0.05, 0) is 65.6 Å². The average molecular weight is 419 g/mol. The van der Waals surface area contributed by atoms with Crippen molar-refractivity contribution in [2.75, 3.05) is 39.3 Å². The zero-order valence-electron chi connectivity index (χ0n) is 19.2. The van der Waals surface area contributed by atoms with Crippen LogP contribution in [0.1, 0.15) is 63.0 Å². The monoisotopic (exact) mass is 418 g/mol. The summed E-state index contributed by atoms with van der Waals surface area (Å²) < 4.78 is 5.21. The summed E-state index contributed by atoms with van der Waals surface area (Å²) in [5.74, 6) is 1.00. The van der Waals surface area contributed by atoms with Gasteiger partial charge in [0.1, 0.15) is 5.76 Å². The van der Waals surface area contributed by atoms with E-state index in [2.05, 4.69) is 15.0 Å². The summed E-state index contributed by atoms with van der Waals surface area (Å²) in [5, 5.41) is 3.96. The number of hydrogen-bond acceptors (Lipinski definition) is 5. The summed E-state index contributed by atoms with van der Waals surface area (Å²) >= 11 is 0. The Balaban J connectivity index is 1.61. The molecule has 1 unspecified atom stereocenters. The van der Waals surface area contributed by atoms with Crippen molar-refractivity contribution in [3.05, 3.63) is 17.0 Å². The summed E-state index contributed by atoms with van der Waals surface area (Å²) in [5.41, 5.74) is 1.68. The lowest BCUT2D eigenvalue weighted by Crippen LogP contribution is -2.53. The number of hydrogen-bond donors (Lipinski definition) is 0.